The van der Waals surface area contributed by atoms with Crippen LogP contribution < -0.4 is 4.90 Å². The van der Waals surface area contributed by atoms with Gasteiger partial charge < -0.3 is 4.90 Å². The van der Waals surface area contributed by atoms with Crippen molar-refractivity contribution in [2.75, 3.05) is 4.90 Å². The van der Waals surface area contributed by atoms with E-state index < -0.39 is 0 Å². The Hall–Kier alpha value is -6.70. The van der Waals surface area contributed by atoms with E-state index in [2.05, 4.69) is 221 Å². The van der Waals surface area contributed by atoms with Crippen molar-refractivity contribution in [3.63, 3.8) is 0 Å². The molecular formula is C56H43N. The molecule has 0 unspecified atom stereocenters. The number of nitrogens with zero attached hydrogens (tertiary/aromatic N) is 1. The predicted molar refractivity (Wildman–Crippen MR) is 242 cm³/mol. The third kappa shape index (κ3) is 4.95. The van der Waals surface area contributed by atoms with Crippen molar-refractivity contribution < 1.29 is 0 Å². The van der Waals surface area contributed by atoms with Crippen LogP contribution in [0, 0.1) is 0 Å². The quantitative estimate of drug-likeness (QED) is 0.174. The van der Waals surface area contributed by atoms with Gasteiger partial charge in [-0.05, 0) is 119 Å². The van der Waals surface area contributed by atoms with Crippen LogP contribution in [0.5, 0.6) is 0 Å². The molecule has 11 rings (SSSR count). The molecule has 0 fully saturated rings. The summed E-state index contributed by atoms with van der Waals surface area (Å²) in [6.45, 7) is 9.73. The average Bonchev–Trinajstić information content (AvgIpc) is 3.26. The Morgan fingerprint density at radius 2 is 0.789 bits per heavy atom. The molecule has 57 heavy (non-hydrogen) atoms. The van der Waals surface area contributed by atoms with Crippen LogP contribution in [0.2, 0.25) is 0 Å². The van der Waals surface area contributed by atoms with E-state index in [-0.39, 0.29) is 10.8 Å². The summed E-state index contributed by atoms with van der Waals surface area (Å²) in [5, 5.41) is 5.05. The van der Waals surface area contributed by atoms with Crippen LogP contribution in [0.4, 0.5) is 17.1 Å². The van der Waals surface area contributed by atoms with Gasteiger partial charge in [0.1, 0.15) is 0 Å². The summed E-state index contributed by atoms with van der Waals surface area (Å²) in [6, 6.07) is 70.1. The fraction of sp³-hybridized carbons (Fsp3) is 0.107. The van der Waals surface area contributed by atoms with Gasteiger partial charge >= 0.3 is 0 Å². The lowest BCUT2D eigenvalue weighted by atomic mass is 9.65. The standard InChI is InChI=1S/C56H43N/c1-55(2)46-25-15-16-26-50(46)57-51-32-29-40(52-42-23-13-11-21-38(42)27-30-44(52)36-17-7-5-8-18-36)33-47(51)56(3,4)49-35-41(34-48(55)54(49)57)53-43-24-14-12-22-39(43)28-31-45(53)37-19-9-6-10-20-37/h5-35H,1-4H3. The van der Waals surface area contributed by atoms with Crippen LogP contribution in [0.25, 0.3) is 66.1 Å². The van der Waals surface area contributed by atoms with Crippen LogP contribution in [0.1, 0.15) is 49.9 Å². The van der Waals surface area contributed by atoms with E-state index in [9.17, 15) is 0 Å². The molecule has 2 heterocycles. The maximum atomic E-state index is 2.59. The zero-order valence-corrected chi connectivity index (χ0v) is 32.8. The molecule has 1 heteroatoms. The Labute approximate surface area is 335 Å². The van der Waals surface area contributed by atoms with Gasteiger partial charge in [-0.15, -0.1) is 0 Å². The van der Waals surface area contributed by atoms with Gasteiger partial charge in [0.15, 0.2) is 0 Å². The zero-order valence-electron chi connectivity index (χ0n) is 32.8. The van der Waals surface area contributed by atoms with Crippen molar-refractivity contribution in [3.8, 4) is 44.5 Å². The third-order valence-corrected chi connectivity index (χ3v) is 13.0. The van der Waals surface area contributed by atoms with Crippen molar-refractivity contribution in [2.24, 2.45) is 0 Å². The monoisotopic (exact) mass is 729 g/mol. The molecule has 2 aliphatic rings. The van der Waals surface area contributed by atoms with Gasteiger partial charge in [-0.2, -0.15) is 0 Å². The van der Waals surface area contributed by atoms with Gasteiger partial charge in [-0.1, -0.05) is 185 Å². The topological polar surface area (TPSA) is 3.24 Å². The highest BCUT2D eigenvalue weighted by atomic mass is 15.2. The second-order valence-corrected chi connectivity index (χ2v) is 16.9. The second kappa shape index (κ2) is 12.4. The molecule has 0 amide bonds. The summed E-state index contributed by atoms with van der Waals surface area (Å²) in [5.74, 6) is 0. The average molecular weight is 730 g/mol. The smallest absolute Gasteiger partial charge is 0.0544 e. The Bertz CT molecular complexity index is 3060. The summed E-state index contributed by atoms with van der Waals surface area (Å²) >= 11 is 0. The summed E-state index contributed by atoms with van der Waals surface area (Å²) in [5.41, 5.74) is 18.7. The van der Waals surface area contributed by atoms with Crippen LogP contribution >= 0.6 is 0 Å². The van der Waals surface area contributed by atoms with E-state index in [0.29, 0.717) is 0 Å². The maximum absolute atomic E-state index is 2.59. The molecule has 9 aromatic carbocycles. The zero-order chi connectivity index (χ0) is 38.5. The summed E-state index contributed by atoms with van der Waals surface area (Å²) in [7, 11) is 0. The third-order valence-electron chi connectivity index (χ3n) is 13.0. The minimum absolute atomic E-state index is 0.230. The molecule has 0 aromatic heterocycles. The number of para-hydroxylation sites is 1. The lowest BCUT2D eigenvalue weighted by Crippen LogP contribution is -2.38. The first-order chi connectivity index (χ1) is 27.8. The first-order valence-electron chi connectivity index (χ1n) is 20.2. The Balaban J connectivity index is 1.22. The highest BCUT2D eigenvalue weighted by Gasteiger charge is 2.46. The molecule has 9 aromatic rings. The second-order valence-electron chi connectivity index (χ2n) is 16.9. The highest BCUT2D eigenvalue weighted by molar-refractivity contribution is 6.07. The largest absolute Gasteiger partial charge is 0.309 e. The molecule has 0 bridgehead atoms. The lowest BCUT2D eigenvalue weighted by molar-refractivity contribution is 0.598. The van der Waals surface area contributed by atoms with Crippen LogP contribution in [-0.4, -0.2) is 0 Å². The van der Waals surface area contributed by atoms with Gasteiger partial charge in [0.2, 0.25) is 0 Å². The summed E-state index contributed by atoms with van der Waals surface area (Å²) < 4.78 is 0. The van der Waals surface area contributed by atoms with Crippen LogP contribution in [-0.2, 0) is 10.8 Å². The molecule has 0 N–H and O–H groups in total. The maximum Gasteiger partial charge on any atom is 0.0544 e. The Kier molecular flexibility index (Phi) is 7.32. The molecule has 0 saturated heterocycles. The lowest BCUT2D eigenvalue weighted by Gasteiger charge is -2.50. The molecule has 0 radical (unpaired) electrons. The van der Waals surface area contributed by atoms with E-state index >= 15 is 0 Å². The predicted octanol–water partition coefficient (Wildman–Crippen LogP) is 15.4. The summed E-state index contributed by atoms with van der Waals surface area (Å²) in [6.07, 6.45) is 0. The fourth-order valence-electron chi connectivity index (χ4n) is 10.1. The molecule has 0 saturated carbocycles. The first kappa shape index (κ1) is 33.6. The van der Waals surface area contributed by atoms with Crippen molar-refractivity contribution in [2.45, 2.75) is 38.5 Å². The number of hydrogen-bond acceptors (Lipinski definition) is 1. The van der Waals surface area contributed by atoms with Crippen LogP contribution in [0.15, 0.2) is 188 Å². The number of hydrogen-bond donors (Lipinski definition) is 0. The molecule has 0 atom stereocenters. The van der Waals surface area contributed by atoms with Gasteiger partial charge in [-0.3, -0.25) is 0 Å². The normalized spacial score (nSPS) is 14.6. The summed E-state index contributed by atoms with van der Waals surface area (Å²) in [4.78, 5) is 2.59. The number of rotatable bonds is 4. The van der Waals surface area contributed by atoms with E-state index in [4.69, 9.17) is 0 Å². The SMILES string of the molecule is CC1(C)c2ccccc2N2c3ccc(-c4c(-c5ccccc5)ccc5ccccc45)cc3C(C)(C)c3cc(-c4c(-c5ccccc5)ccc5ccccc45)cc1c32. The Morgan fingerprint density at radius 3 is 1.39 bits per heavy atom. The van der Waals surface area contributed by atoms with Crippen molar-refractivity contribution >= 4 is 38.6 Å². The molecule has 0 aliphatic carbocycles. The minimum Gasteiger partial charge on any atom is -0.309 e. The van der Waals surface area contributed by atoms with Gasteiger partial charge in [-0.25, -0.2) is 0 Å². The van der Waals surface area contributed by atoms with Gasteiger partial charge in [0, 0.05) is 10.8 Å². The molecule has 2 aliphatic heterocycles. The molecule has 272 valence electrons. The number of anilines is 3. The molecule has 1 nitrogen and oxygen atoms in total. The number of benzene rings is 9. The van der Waals surface area contributed by atoms with E-state index in [1.165, 1.54) is 105 Å². The van der Waals surface area contributed by atoms with E-state index in [1.807, 2.05) is 0 Å². The minimum atomic E-state index is -0.320. The van der Waals surface area contributed by atoms with Crippen LogP contribution in [0.3, 0.4) is 0 Å². The number of fused-ring (bicyclic) bond motifs is 6. The fourth-order valence-corrected chi connectivity index (χ4v) is 10.1. The molecule has 0 spiro atoms. The van der Waals surface area contributed by atoms with Crippen molar-refractivity contribution in [1.82, 2.24) is 0 Å². The van der Waals surface area contributed by atoms with E-state index in [1.54, 1.807) is 0 Å². The molecular weight excluding hydrogens is 687 g/mol. The van der Waals surface area contributed by atoms with Gasteiger partial charge in [0.05, 0.1) is 17.1 Å². The van der Waals surface area contributed by atoms with E-state index in [0.717, 1.165) is 0 Å². The van der Waals surface area contributed by atoms with Gasteiger partial charge in [0.25, 0.3) is 0 Å². The van der Waals surface area contributed by atoms with Crippen molar-refractivity contribution in [1.29, 1.82) is 0 Å². The first-order valence-corrected chi connectivity index (χ1v) is 20.2. The Morgan fingerprint density at radius 1 is 0.333 bits per heavy atom. The van der Waals surface area contributed by atoms with Crippen molar-refractivity contribution in [3.05, 3.63) is 210 Å². The highest BCUT2D eigenvalue weighted by Crippen LogP contribution is 2.61.